The topological polar surface area (TPSA) is 62.5 Å². The van der Waals surface area contributed by atoms with Gasteiger partial charge in [0.15, 0.2) is 0 Å². The number of halogens is 2. The van der Waals surface area contributed by atoms with Gasteiger partial charge >= 0.3 is 0 Å². The van der Waals surface area contributed by atoms with Gasteiger partial charge in [-0.2, -0.15) is 0 Å². The van der Waals surface area contributed by atoms with Gasteiger partial charge in [-0.25, -0.2) is 4.98 Å². The molecule has 21 heavy (non-hydrogen) atoms. The fourth-order valence-electron chi connectivity index (χ4n) is 2.32. The zero-order valence-electron chi connectivity index (χ0n) is 12.1. The van der Waals surface area contributed by atoms with E-state index in [4.69, 9.17) is 28.9 Å². The standard InChI is InChI=1S/C14H20Cl2N4O/c1-10(17)2-3-13(21)19-4-6-20(7-5-19)14-12(16)8-11(15)9-18-14/h8-10H,2-7,17H2,1H3. The Kier molecular flexibility index (Phi) is 5.67. The number of nitrogens with zero attached hydrogens (tertiary/aromatic N) is 3. The summed E-state index contributed by atoms with van der Waals surface area (Å²) in [6.45, 7) is 4.72. The average Bonchev–Trinajstić information content (AvgIpc) is 2.45. The highest BCUT2D eigenvalue weighted by molar-refractivity contribution is 6.36. The Hall–Kier alpha value is -1.04. The van der Waals surface area contributed by atoms with Crippen molar-refractivity contribution in [2.75, 3.05) is 31.1 Å². The van der Waals surface area contributed by atoms with E-state index in [1.54, 1.807) is 12.3 Å². The third-order valence-corrected chi connectivity index (χ3v) is 4.02. The highest BCUT2D eigenvalue weighted by Gasteiger charge is 2.23. The van der Waals surface area contributed by atoms with Crippen molar-refractivity contribution >= 4 is 34.9 Å². The number of hydrogen-bond acceptors (Lipinski definition) is 4. The van der Waals surface area contributed by atoms with Crippen molar-refractivity contribution < 1.29 is 4.79 Å². The summed E-state index contributed by atoms with van der Waals surface area (Å²) in [6.07, 6.45) is 2.82. The van der Waals surface area contributed by atoms with Gasteiger partial charge in [0.05, 0.1) is 10.0 Å². The lowest BCUT2D eigenvalue weighted by Crippen LogP contribution is -2.49. The molecule has 1 unspecified atom stereocenters. The Morgan fingerprint density at radius 1 is 1.38 bits per heavy atom. The quantitative estimate of drug-likeness (QED) is 0.918. The number of nitrogens with two attached hydrogens (primary N) is 1. The lowest BCUT2D eigenvalue weighted by molar-refractivity contribution is -0.131. The van der Waals surface area contributed by atoms with Crippen LogP contribution in [0.15, 0.2) is 12.3 Å². The SMILES string of the molecule is CC(N)CCC(=O)N1CCN(c2ncc(Cl)cc2Cl)CC1. The second kappa shape index (κ2) is 7.29. The van der Waals surface area contributed by atoms with Crippen LogP contribution < -0.4 is 10.6 Å². The summed E-state index contributed by atoms with van der Waals surface area (Å²) in [5.74, 6) is 0.894. The van der Waals surface area contributed by atoms with Gasteiger partial charge in [0.25, 0.3) is 0 Å². The second-order valence-electron chi connectivity index (χ2n) is 5.34. The van der Waals surface area contributed by atoms with E-state index in [1.807, 2.05) is 11.8 Å². The number of anilines is 1. The van der Waals surface area contributed by atoms with Crippen molar-refractivity contribution in [1.29, 1.82) is 0 Å². The molecule has 0 saturated carbocycles. The molecule has 1 aromatic rings. The van der Waals surface area contributed by atoms with Crippen LogP contribution in [-0.2, 0) is 4.79 Å². The molecule has 7 heteroatoms. The Labute approximate surface area is 135 Å². The van der Waals surface area contributed by atoms with Crippen molar-refractivity contribution in [1.82, 2.24) is 9.88 Å². The molecule has 1 aromatic heterocycles. The highest BCUT2D eigenvalue weighted by atomic mass is 35.5. The minimum atomic E-state index is 0.0623. The Morgan fingerprint density at radius 2 is 2.05 bits per heavy atom. The molecule has 0 aliphatic carbocycles. The Morgan fingerprint density at radius 3 is 2.62 bits per heavy atom. The van der Waals surface area contributed by atoms with Crippen LogP contribution in [0.3, 0.4) is 0 Å². The van der Waals surface area contributed by atoms with E-state index >= 15 is 0 Å². The van der Waals surface area contributed by atoms with Gasteiger partial charge in [-0.1, -0.05) is 23.2 Å². The molecule has 1 atom stereocenters. The van der Waals surface area contributed by atoms with Crippen molar-refractivity contribution in [3.63, 3.8) is 0 Å². The largest absolute Gasteiger partial charge is 0.352 e. The van der Waals surface area contributed by atoms with E-state index < -0.39 is 0 Å². The first-order chi connectivity index (χ1) is 9.97. The number of aromatic nitrogens is 1. The number of pyridine rings is 1. The Bertz CT molecular complexity index is 502. The number of amides is 1. The lowest BCUT2D eigenvalue weighted by Gasteiger charge is -2.35. The summed E-state index contributed by atoms with van der Waals surface area (Å²) in [4.78, 5) is 20.3. The van der Waals surface area contributed by atoms with Crippen molar-refractivity contribution in [3.8, 4) is 0 Å². The molecule has 1 amide bonds. The summed E-state index contributed by atoms with van der Waals surface area (Å²) >= 11 is 12.0. The van der Waals surface area contributed by atoms with E-state index in [-0.39, 0.29) is 11.9 Å². The fourth-order valence-corrected chi connectivity index (χ4v) is 2.82. The van der Waals surface area contributed by atoms with Crippen LogP contribution in [0.25, 0.3) is 0 Å². The van der Waals surface area contributed by atoms with E-state index in [0.717, 1.165) is 25.3 Å². The molecule has 2 N–H and O–H groups in total. The first-order valence-electron chi connectivity index (χ1n) is 7.06. The monoisotopic (exact) mass is 330 g/mol. The molecular weight excluding hydrogens is 311 g/mol. The first-order valence-corrected chi connectivity index (χ1v) is 7.82. The summed E-state index contributed by atoms with van der Waals surface area (Å²) < 4.78 is 0. The third-order valence-electron chi connectivity index (χ3n) is 3.53. The average molecular weight is 331 g/mol. The predicted octanol–water partition coefficient (Wildman–Crippen LogP) is 2.16. The summed E-state index contributed by atoms with van der Waals surface area (Å²) in [7, 11) is 0. The number of carbonyl (C=O) groups excluding carboxylic acids is 1. The smallest absolute Gasteiger partial charge is 0.222 e. The van der Waals surface area contributed by atoms with E-state index in [0.29, 0.717) is 29.6 Å². The van der Waals surface area contributed by atoms with Crippen LogP contribution in [-0.4, -0.2) is 48.0 Å². The maximum Gasteiger partial charge on any atom is 0.222 e. The van der Waals surface area contributed by atoms with Crippen molar-refractivity contribution in [3.05, 3.63) is 22.3 Å². The van der Waals surface area contributed by atoms with Crippen LogP contribution in [0.4, 0.5) is 5.82 Å². The molecule has 0 radical (unpaired) electrons. The van der Waals surface area contributed by atoms with Gasteiger partial charge in [-0.05, 0) is 19.4 Å². The number of piperazine rings is 1. The van der Waals surface area contributed by atoms with Gasteiger partial charge in [-0.15, -0.1) is 0 Å². The molecule has 1 saturated heterocycles. The van der Waals surface area contributed by atoms with Gasteiger partial charge in [0.2, 0.25) is 5.91 Å². The molecule has 0 bridgehead atoms. The molecule has 0 spiro atoms. The molecule has 1 fully saturated rings. The van der Waals surface area contributed by atoms with Crippen LogP contribution in [0.2, 0.25) is 10.0 Å². The van der Waals surface area contributed by atoms with E-state index in [9.17, 15) is 4.79 Å². The van der Waals surface area contributed by atoms with Crippen molar-refractivity contribution in [2.45, 2.75) is 25.8 Å². The number of rotatable bonds is 4. The zero-order chi connectivity index (χ0) is 15.4. The minimum Gasteiger partial charge on any atom is -0.352 e. The molecule has 116 valence electrons. The third kappa shape index (κ3) is 4.46. The number of carbonyl (C=O) groups is 1. The molecule has 2 rings (SSSR count). The van der Waals surface area contributed by atoms with Gasteiger partial charge in [-0.3, -0.25) is 4.79 Å². The molecule has 2 heterocycles. The van der Waals surface area contributed by atoms with E-state index in [1.165, 1.54) is 0 Å². The molecule has 5 nitrogen and oxygen atoms in total. The highest BCUT2D eigenvalue weighted by Crippen LogP contribution is 2.26. The van der Waals surface area contributed by atoms with Gasteiger partial charge in [0, 0.05) is 44.8 Å². The molecule has 1 aliphatic rings. The first kappa shape index (κ1) is 16.3. The van der Waals surface area contributed by atoms with Gasteiger partial charge < -0.3 is 15.5 Å². The van der Waals surface area contributed by atoms with Crippen LogP contribution in [0.1, 0.15) is 19.8 Å². The summed E-state index contributed by atoms with van der Waals surface area (Å²) in [5.41, 5.74) is 5.68. The van der Waals surface area contributed by atoms with Crippen LogP contribution in [0, 0.1) is 0 Å². The predicted molar refractivity (Wildman–Crippen MR) is 85.9 cm³/mol. The summed E-state index contributed by atoms with van der Waals surface area (Å²) in [6, 6.07) is 1.75. The van der Waals surface area contributed by atoms with Crippen LogP contribution in [0.5, 0.6) is 0 Å². The lowest BCUT2D eigenvalue weighted by atomic mass is 10.1. The number of hydrogen-bond donors (Lipinski definition) is 1. The second-order valence-corrected chi connectivity index (χ2v) is 6.19. The molecule has 1 aliphatic heterocycles. The van der Waals surface area contributed by atoms with E-state index in [2.05, 4.69) is 9.88 Å². The Balaban J connectivity index is 1.89. The van der Waals surface area contributed by atoms with Crippen molar-refractivity contribution in [2.24, 2.45) is 5.73 Å². The van der Waals surface area contributed by atoms with Crippen LogP contribution >= 0.6 is 23.2 Å². The fraction of sp³-hybridized carbons (Fsp3) is 0.571. The maximum absolute atomic E-state index is 12.1. The molecular formula is C14H20Cl2N4O. The summed E-state index contributed by atoms with van der Waals surface area (Å²) in [5, 5.41) is 1.06. The molecule has 0 aromatic carbocycles. The van der Waals surface area contributed by atoms with Gasteiger partial charge in [0.1, 0.15) is 5.82 Å². The minimum absolute atomic E-state index is 0.0623. The normalized spacial score (nSPS) is 17.0. The maximum atomic E-state index is 12.1. The zero-order valence-corrected chi connectivity index (χ0v) is 13.6.